The Morgan fingerprint density at radius 1 is 1.23 bits per heavy atom. The number of amides is 1. The molecule has 10 heteroatoms. The molecule has 30 heavy (non-hydrogen) atoms. The molecule has 3 fully saturated rings. The number of rotatable bonds is 3. The van der Waals surface area contributed by atoms with Crippen molar-refractivity contribution in [1.82, 2.24) is 24.5 Å². The normalized spacial score (nSPS) is 20.9. The molecule has 3 saturated heterocycles. The number of hydrogen-bond acceptors (Lipinski definition) is 8. The van der Waals surface area contributed by atoms with Crippen molar-refractivity contribution in [3.8, 4) is 16.5 Å². The van der Waals surface area contributed by atoms with Gasteiger partial charge in [-0.15, -0.1) is 16.4 Å². The number of methoxy groups -OCH3 is 1. The maximum absolute atomic E-state index is 12.5. The Balaban J connectivity index is 1.41. The lowest BCUT2D eigenvalue weighted by molar-refractivity contribution is -0.0381. The molecule has 6 heterocycles. The van der Waals surface area contributed by atoms with Gasteiger partial charge in [0, 0.05) is 36.8 Å². The molecule has 158 valence electrons. The lowest BCUT2D eigenvalue weighted by atomic mass is 9.88. The van der Waals surface area contributed by atoms with Crippen molar-refractivity contribution in [2.45, 2.75) is 44.9 Å². The molecule has 0 N–H and O–H groups in total. The van der Waals surface area contributed by atoms with E-state index in [2.05, 4.69) is 9.88 Å². The fourth-order valence-corrected chi connectivity index (χ4v) is 4.73. The van der Waals surface area contributed by atoms with Gasteiger partial charge in [0.15, 0.2) is 5.65 Å². The van der Waals surface area contributed by atoms with Crippen molar-refractivity contribution in [2.75, 3.05) is 25.1 Å². The largest absolute Gasteiger partial charge is 0.497 e. The monoisotopic (exact) mass is 428 g/mol. The number of anilines is 1. The van der Waals surface area contributed by atoms with Gasteiger partial charge in [0.25, 0.3) is 0 Å². The first-order valence-corrected chi connectivity index (χ1v) is 10.8. The van der Waals surface area contributed by atoms with Crippen LogP contribution in [0.25, 0.3) is 16.3 Å². The summed E-state index contributed by atoms with van der Waals surface area (Å²) < 4.78 is 12.8. The molecule has 2 unspecified atom stereocenters. The van der Waals surface area contributed by atoms with E-state index in [1.54, 1.807) is 24.6 Å². The van der Waals surface area contributed by atoms with Crippen LogP contribution in [0.1, 0.15) is 27.2 Å². The molecule has 2 atom stereocenters. The predicted molar refractivity (Wildman–Crippen MR) is 113 cm³/mol. The van der Waals surface area contributed by atoms with E-state index >= 15 is 0 Å². The summed E-state index contributed by atoms with van der Waals surface area (Å²) in [5.41, 5.74) is 1.06. The van der Waals surface area contributed by atoms with Crippen LogP contribution in [0, 0.1) is 0 Å². The molecule has 0 saturated carbocycles. The second-order valence-corrected chi connectivity index (χ2v) is 9.53. The van der Waals surface area contributed by atoms with Crippen molar-refractivity contribution < 1.29 is 14.3 Å². The van der Waals surface area contributed by atoms with Gasteiger partial charge in [-0.1, -0.05) is 0 Å². The van der Waals surface area contributed by atoms with E-state index < -0.39 is 5.60 Å². The molecule has 2 bridgehead atoms. The Bertz CT molecular complexity index is 1080. The van der Waals surface area contributed by atoms with E-state index in [0.717, 1.165) is 17.1 Å². The SMILES string of the molecule is COc1cc(-c2nccs2)n2nc(N3CC4CC(C3)N4C(=O)OC(C)(C)C)nc2c1. The molecule has 0 radical (unpaired) electrons. The van der Waals surface area contributed by atoms with E-state index in [-0.39, 0.29) is 18.2 Å². The molecule has 1 amide bonds. The summed E-state index contributed by atoms with van der Waals surface area (Å²) in [7, 11) is 1.64. The van der Waals surface area contributed by atoms with Crippen LogP contribution in [-0.2, 0) is 4.74 Å². The molecule has 0 spiro atoms. The van der Waals surface area contributed by atoms with Crippen LogP contribution < -0.4 is 9.64 Å². The Hall–Kier alpha value is -2.88. The lowest BCUT2D eigenvalue weighted by Gasteiger charge is -2.55. The number of aromatic nitrogens is 4. The number of carbonyl (C=O) groups excluding carboxylic acids is 1. The van der Waals surface area contributed by atoms with Crippen molar-refractivity contribution in [2.24, 2.45) is 0 Å². The molecule has 3 aromatic rings. The van der Waals surface area contributed by atoms with Gasteiger partial charge >= 0.3 is 6.09 Å². The number of pyridine rings is 1. The van der Waals surface area contributed by atoms with Crippen LogP contribution in [0.2, 0.25) is 0 Å². The van der Waals surface area contributed by atoms with Crippen LogP contribution in [0.4, 0.5) is 10.7 Å². The summed E-state index contributed by atoms with van der Waals surface area (Å²) in [5, 5.41) is 7.55. The Morgan fingerprint density at radius 2 is 2.00 bits per heavy atom. The molecular weight excluding hydrogens is 404 g/mol. The highest BCUT2D eigenvalue weighted by molar-refractivity contribution is 7.13. The first kappa shape index (κ1) is 19.1. The summed E-state index contributed by atoms with van der Waals surface area (Å²) in [6, 6.07) is 4.03. The quantitative estimate of drug-likeness (QED) is 0.634. The summed E-state index contributed by atoms with van der Waals surface area (Å²) >= 11 is 1.54. The second-order valence-electron chi connectivity index (χ2n) is 8.64. The summed E-state index contributed by atoms with van der Waals surface area (Å²) in [6.07, 6.45) is 2.52. The average Bonchev–Trinajstić information content (AvgIpc) is 3.35. The van der Waals surface area contributed by atoms with Gasteiger partial charge < -0.3 is 14.4 Å². The zero-order chi connectivity index (χ0) is 21.0. The van der Waals surface area contributed by atoms with Gasteiger partial charge in [0.1, 0.15) is 22.1 Å². The number of nitrogens with zero attached hydrogens (tertiary/aromatic N) is 6. The van der Waals surface area contributed by atoms with Crippen LogP contribution in [0.3, 0.4) is 0 Å². The second kappa shape index (κ2) is 6.83. The maximum atomic E-state index is 12.5. The minimum Gasteiger partial charge on any atom is -0.497 e. The Morgan fingerprint density at radius 3 is 2.63 bits per heavy atom. The number of hydrogen-bond donors (Lipinski definition) is 0. The number of piperidine rings is 1. The van der Waals surface area contributed by atoms with Crippen molar-refractivity contribution >= 4 is 29.0 Å². The zero-order valence-electron chi connectivity index (χ0n) is 17.4. The Labute approximate surface area is 178 Å². The van der Waals surface area contributed by atoms with Gasteiger partial charge in [0.2, 0.25) is 5.95 Å². The highest BCUT2D eigenvalue weighted by atomic mass is 32.1. The number of carbonyl (C=O) groups is 1. The summed E-state index contributed by atoms with van der Waals surface area (Å²) in [4.78, 5) is 25.7. The molecule has 3 aliphatic heterocycles. The first-order chi connectivity index (χ1) is 14.3. The topological polar surface area (TPSA) is 85.1 Å². The first-order valence-electron chi connectivity index (χ1n) is 9.93. The lowest BCUT2D eigenvalue weighted by Crippen LogP contribution is -2.70. The third kappa shape index (κ3) is 3.24. The van der Waals surface area contributed by atoms with E-state index in [0.29, 0.717) is 30.4 Å². The van der Waals surface area contributed by atoms with E-state index in [1.807, 2.05) is 47.7 Å². The molecular formula is C20H24N6O3S. The Kier molecular flexibility index (Phi) is 4.35. The van der Waals surface area contributed by atoms with Crippen molar-refractivity contribution in [1.29, 1.82) is 0 Å². The minimum absolute atomic E-state index is 0.123. The van der Waals surface area contributed by atoms with Crippen LogP contribution >= 0.6 is 11.3 Å². The van der Waals surface area contributed by atoms with Crippen LogP contribution in [-0.4, -0.2) is 68.5 Å². The third-order valence-electron chi connectivity index (χ3n) is 5.37. The number of ether oxygens (including phenoxy) is 2. The highest BCUT2D eigenvalue weighted by Crippen LogP contribution is 2.36. The fraction of sp³-hybridized carbons (Fsp3) is 0.500. The molecule has 3 aliphatic rings. The molecule has 0 aromatic carbocycles. The summed E-state index contributed by atoms with van der Waals surface area (Å²) in [5.74, 6) is 1.36. The highest BCUT2D eigenvalue weighted by Gasteiger charge is 2.49. The maximum Gasteiger partial charge on any atom is 0.410 e. The van der Waals surface area contributed by atoms with Crippen LogP contribution in [0.5, 0.6) is 5.75 Å². The van der Waals surface area contributed by atoms with Gasteiger partial charge in [0.05, 0.1) is 19.2 Å². The molecule has 0 aliphatic carbocycles. The molecule has 6 rings (SSSR count). The van der Waals surface area contributed by atoms with Crippen LogP contribution in [0.15, 0.2) is 23.7 Å². The molecule has 9 nitrogen and oxygen atoms in total. The fourth-order valence-electron chi connectivity index (χ4n) is 4.09. The van der Waals surface area contributed by atoms with E-state index in [1.165, 1.54) is 0 Å². The van der Waals surface area contributed by atoms with E-state index in [4.69, 9.17) is 19.6 Å². The zero-order valence-corrected chi connectivity index (χ0v) is 18.2. The minimum atomic E-state index is -0.491. The van der Waals surface area contributed by atoms with Gasteiger partial charge in [-0.3, -0.25) is 4.90 Å². The van der Waals surface area contributed by atoms with Crippen molar-refractivity contribution in [3.05, 3.63) is 23.7 Å². The number of piperazine rings is 1. The van der Waals surface area contributed by atoms with E-state index in [9.17, 15) is 4.79 Å². The molecule has 3 aromatic heterocycles. The predicted octanol–water partition coefficient (Wildman–Crippen LogP) is 3.06. The van der Waals surface area contributed by atoms with Gasteiger partial charge in [-0.2, -0.15) is 4.98 Å². The van der Waals surface area contributed by atoms with Crippen molar-refractivity contribution in [3.63, 3.8) is 0 Å². The summed E-state index contributed by atoms with van der Waals surface area (Å²) in [6.45, 7) is 7.05. The smallest absolute Gasteiger partial charge is 0.410 e. The number of thiazole rings is 1. The average molecular weight is 429 g/mol. The number of fused-ring (bicyclic) bond motifs is 3. The standard InChI is InChI=1S/C20H24N6O3S/c1-20(2,3)29-19(27)25-12-7-13(25)11-24(10-12)18-22-16-9-14(28-4)8-15(26(16)23-18)17-21-5-6-30-17/h5-6,8-9,12-13H,7,10-11H2,1-4H3. The van der Waals surface area contributed by atoms with Gasteiger partial charge in [-0.25, -0.2) is 14.3 Å². The third-order valence-corrected chi connectivity index (χ3v) is 6.16. The van der Waals surface area contributed by atoms with Gasteiger partial charge in [-0.05, 0) is 27.2 Å².